The highest BCUT2D eigenvalue weighted by atomic mass is 16.5. The first-order valence-electron chi connectivity index (χ1n) is 6.52. The molecule has 1 heterocycles. The summed E-state index contributed by atoms with van der Waals surface area (Å²) in [6, 6.07) is 7.58. The minimum atomic E-state index is 0.0639. The number of nitrogens with one attached hydrogen (secondary N) is 2. The fourth-order valence-electron chi connectivity index (χ4n) is 1.86. The van der Waals surface area contributed by atoms with Gasteiger partial charge in [0.1, 0.15) is 5.75 Å². The van der Waals surface area contributed by atoms with Crippen molar-refractivity contribution in [3.63, 3.8) is 0 Å². The first-order chi connectivity index (χ1) is 8.79. The fraction of sp³-hybridized carbons (Fsp3) is 0.500. The van der Waals surface area contributed by atoms with Crippen LogP contribution in [-0.2, 0) is 4.79 Å². The van der Waals surface area contributed by atoms with E-state index in [0.29, 0.717) is 18.9 Å². The summed E-state index contributed by atoms with van der Waals surface area (Å²) < 4.78 is 5.61. The predicted octanol–water partition coefficient (Wildman–Crippen LogP) is 2.02. The maximum atomic E-state index is 11.8. The van der Waals surface area contributed by atoms with Crippen LogP contribution in [0.2, 0.25) is 0 Å². The molecule has 98 valence electrons. The number of anilines is 1. The molecule has 0 radical (unpaired) electrons. The van der Waals surface area contributed by atoms with Crippen LogP contribution in [0.25, 0.3) is 0 Å². The summed E-state index contributed by atoms with van der Waals surface area (Å²) in [7, 11) is 0. The van der Waals surface area contributed by atoms with E-state index in [1.54, 1.807) is 0 Å². The molecule has 1 amide bonds. The molecule has 0 unspecified atom stereocenters. The van der Waals surface area contributed by atoms with Crippen molar-refractivity contribution in [1.82, 2.24) is 5.32 Å². The van der Waals surface area contributed by atoms with E-state index in [2.05, 4.69) is 17.6 Å². The molecule has 1 aromatic rings. The van der Waals surface area contributed by atoms with Crippen molar-refractivity contribution in [2.45, 2.75) is 19.8 Å². The quantitative estimate of drug-likeness (QED) is 0.810. The second-order valence-electron chi connectivity index (χ2n) is 4.62. The van der Waals surface area contributed by atoms with Gasteiger partial charge >= 0.3 is 0 Å². The first-order valence-corrected chi connectivity index (χ1v) is 6.52. The van der Waals surface area contributed by atoms with Crippen LogP contribution in [0, 0.1) is 5.92 Å². The van der Waals surface area contributed by atoms with Crippen LogP contribution in [0.1, 0.15) is 19.8 Å². The number of carbonyl (C=O) groups is 1. The highest BCUT2D eigenvalue weighted by molar-refractivity contribution is 5.92. The van der Waals surface area contributed by atoms with Gasteiger partial charge < -0.3 is 15.4 Å². The smallest absolute Gasteiger partial charge is 0.224 e. The summed E-state index contributed by atoms with van der Waals surface area (Å²) in [6.45, 7) is 4.62. The Hall–Kier alpha value is -1.55. The Morgan fingerprint density at radius 1 is 1.44 bits per heavy atom. The number of hydrogen-bond acceptors (Lipinski definition) is 3. The molecule has 18 heavy (non-hydrogen) atoms. The van der Waals surface area contributed by atoms with E-state index in [9.17, 15) is 4.79 Å². The average molecular weight is 248 g/mol. The summed E-state index contributed by atoms with van der Waals surface area (Å²) >= 11 is 0. The Kier molecular flexibility index (Phi) is 4.59. The topological polar surface area (TPSA) is 50.4 Å². The second-order valence-corrected chi connectivity index (χ2v) is 4.62. The first kappa shape index (κ1) is 12.9. The third-order valence-electron chi connectivity index (χ3n) is 2.96. The fourth-order valence-corrected chi connectivity index (χ4v) is 1.86. The second kappa shape index (κ2) is 6.40. The summed E-state index contributed by atoms with van der Waals surface area (Å²) in [6.07, 6.45) is 1.53. The van der Waals surface area contributed by atoms with Crippen molar-refractivity contribution >= 4 is 11.6 Å². The van der Waals surface area contributed by atoms with Gasteiger partial charge in [-0.3, -0.25) is 4.79 Å². The molecule has 0 saturated carbocycles. The van der Waals surface area contributed by atoms with E-state index < -0.39 is 0 Å². The van der Waals surface area contributed by atoms with E-state index in [1.807, 2.05) is 24.3 Å². The van der Waals surface area contributed by atoms with Crippen LogP contribution in [0.15, 0.2) is 24.3 Å². The zero-order valence-electron chi connectivity index (χ0n) is 10.7. The van der Waals surface area contributed by atoms with Gasteiger partial charge in [0.15, 0.2) is 0 Å². The number of hydrogen-bond donors (Lipinski definition) is 2. The van der Waals surface area contributed by atoms with E-state index in [1.165, 1.54) is 0 Å². The number of para-hydroxylation sites is 2. The van der Waals surface area contributed by atoms with Crippen LogP contribution in [0.5, 0.6) is 5.75 Å². The van der Waals surface area contributed by atoms with Gasteiger partial charge in [0.2, 0.25) is 5.91 Å². The van der Waals surface area contributed by atoms with Crippen LogP contribution in [0.4, 0.5) is 5.69 Å². The van der Waals surface area contributed by atoms with Gasteiger partial charge in [0, 0.05) is 6.42 Å². The lowest BCUT2D eigenvalue weighted by molar-refractivity contribution is -0.117. The predicted molar refractivity (Wildman–Crippen MR) is 71.8 cm³/mol. The maximum absolute atomic E-state index is 11.8. The molecule has 4 heteroatoms. The third-order valence-corrected chi connectivity index (χ3v) is 2.96. The molecule has 0 bridgehead atoms. The van der Waals surface area contributed by atoms with Crippen molar-refractivity contribution < 1.29 is 9.53 Å². The molecule has 1 aliphatic heterocycles. The summed E-state index contributed by atoms with van der Waals surface area (Å²) in [4.78, 5) is 11.8. The van der Waals surface area contributed by atoms with Gasteiger partial charge in [-0.2, -0.15) is 0 Å². The number of carbonyl (C=O) groups excluding carboxylic acids is 1. The molecular weight excluding hydrogens is 228 g/mol. The molecule has 2 N–H and O–H groups in total. The van der Waals surface area contributed by atoms with Crippen molar-refractivity contribution in [2.75, 3.05) is 25.0 Å². The van der Waals surface area contributed by atoms with Crippen molar-refractivity contribution in [2.24, 2.45) is 5.92 Å². The molecule has 4 nitrogen and oxygen atoms in total. The molecule has 1 aromatic carbocycles. The molecule has 0 aromatic heterocycles. The van der Waals surface area contributed by atoms with Crippen LogP contribution < -0.4 is 15.4 Å². The molecule has 1 saturated heterocycles. The van der Waals surface area contributed by atoms with Crippen LogP contribution >= 0.6 is 0 Å². The van der Waals surface area contributed by atoms with Gasteiger partial charge in [-0.05, 0) is 37.6 Å². The lowest BCUT2D eigenvalue weighted by atomic mass is 9.99. The van der Waals surface area contributed by atoms with E-state index in [0.717, 1.165) is 30.9 Å². The van der Waals surface area contributed by atoms with Crippen molar-refractivity contribution in [3.8, 4) is 5.75 Å². The van der Waals surface area contributed by atoms with Crippen LogP contribution in [0.3, 0.4) is 0 Å². The Bertz CT molecular complexity index is 403. The zero-order valence-corrected chi connectivity index (χ0v) is 10.7. The van der Waals surface area contributed by atoms with Gasteiger partial charge in [0.05, 0.1) is 12.3 Å². The van der Waals surface area contributed by atoms with E-state index in [4.69, 9.17) is 4.74 Å². The monoisotopic (exact) mass is 248 g/mol. The summed E-state index contributed by atoms with van der Waals surface area (Å²) in [5, 5.41) is 6.09. The number of ether oxygens (including phenoxy) is 1. The lowest BCUT2D eigenvalue weighted by Gasteiger charge is -2.26. The van der Waals surface area contributed by atoms with Crippen molar-refractivity contribution in [3.05, 3.63) is 24.3 Å². The number of rotatable bonds is 6. The Morgan fingerprint density at radius 2 is 2.22 bits per heavy atom. The number of amides is 1. The molecule has 0 spiro atoms. The minimum Gasteiger partial charge on any atom is -0.491 e. The maximum Gasteiger partial charge on any atom is 0.224 e. The molecule has 0 aliphatic carbocycles. The summed E-state index contributed by atoms with van der Waals surface area (Å²) in [5.41, 5.74) is 0.767. The van der Waals surface area contributed by atoms with Gasteiger partial charge in [-0.15, -0.1) is 0 Å². The molecule has 1 fully saturated rings. The largest absolute Gasteiger partial charge is 0.491 e. The normalized spacial score (nSPS) is 14.9. The SMILES string of the molecule is CCCOc1ccccc1NC(=O)CC1CNC1. The Labute approximate surface area is 108 Å². The van der Waals surface area contributed by atoms with Crippen molar-refractivity contribution in [1.29, 1.82) is 0 Å². The van der Waals surface area contributed by atoms with Gasteiger partial charge in [0.25, 0.3) is 0 Å². The summed E-state index contributed by atoms with van der Waals surface area (Å²) in [5.74, 6) is 1.29. The molecule has 2 rings (SSSR count). The Morgan fingerprint density at radius 3 is 2.89 bits per heavy atom. The van der Waals surface area contributed by atoms with Gasteiger partial charge in [-0.25, -0.2) is 0 Å². The number of benzene rings is 1. The highest BCUT2D eigenvalue weighted by Crippen LogP contribution is 2.24. The van der Waals surface area contributed by atoms with Gasteiger partial charge in [-0.1, -0.05) is 19.1 Å². The molecular formula is C14H20N2O2. The molecule has 1 aliphatic rings. The highest BCUT2D eigenvalue weighted by Gasteiger charge is 2.20. The molecule has 0 atom stereocenters. The third kappa shape index (κ3) is 3.47. The van der Waals surface area contributed by atoms with Crippen LogP contribution in [-0.4, -0.2) is 25.6 Å². The zero-order chi connectivity index (χ0) is 12.8. The minimum absolute atomic E-state index is 0.0639. The average Bonchev–Trinajstić information content (AvgIpc) is 2.33. The standard InChI is InChI=1S/C14H20N2O2/c1-2-7-18-13-6-4-3-5-12(13)16-14(17)8-11-9-15-10-11/h3-6,11,15H,2,7-10H2,1H3,(H,16,17). The Balaban J connectivity index is 1.92. The van der Waals surface area contributed by atoms with E-state index >= 15 is 0 Å². The van der Waals surface area contributed by atoms with E-state index in [-0.39, 0.29) is 5.91 Å². The lowest BCUT2D eigenvalue weighted by Crippen LogP contribution is -2.43.